The Morgan fingerprint density at radius 1 is 1.36 bits per heavy atom. The molecule has 1 aromatic rings. The van der Waals surface area contributed by atoms with Crippen LogP contribution in [0.5, 0.6) is 0 Å². The quantitative estimate of drug-likeness (QED) is 0.875. The van der Waals surface area contributed by atoms with Crippen molar-refractivity contribution in [3.63, 3.8) is 0 Å². The molecule has 1 nitrogen and oxygen atoms in total. The molecule has 1 aliphatic rings. The average molecular weight is 258 g/mol. The summed E-state index contributed by atoms with van der Waals surface area (Å²) in [5.41, 5.74) is 1.05. The maximum atomic E-state index is 13.0. The van der Waals surface area contributed by atoms with Crippen LogP contribution in [-0.4, -0.2) is 12.6 Å². The maximum Gasteiger partial charge on any atom is 0.124 e. The summed E-state index contributed by atoms with van der Waals surface area (Å²) in [7, 11) is 0. The molecule has 0 bridgehead atoms. The molecule has 0 radical (unpaired) electrons. The summed E-state index contributed by atoms with van der Waals surface area (Å²) in [4.78, 5) is 0. The fourth-order valence-electron chi connectivity index (χ4n) is 1.46. The minimum absolute atomic E-state index is 0.166. The molecule has 0 atom stereocenters. The lowest BCUT2D eigenvalue weighted by molar-refractivity contribution is 0.621. The van der Waals surface area contributed by atoms with Gasteiger partial charge in [0.2, 0.25) is 0 Å². The summed E-state index contributed by atoms with van der Waals surface area (Å²) in [6.45, 7) is 0.945. The molecule has 0 aliphatic heterocycles. The summed E-state index contributed by atoms with van der Waals surface area (Å²) in [6, 6.07) is 5.78. The fourth-order valence-corrected chi connectivity index (χ4v) is 1.98. The third-order valence-corrected chi connectivity index (χ3v) is 2.80. The van der Waals surface area contributed by atoms with Crippen LogP contribution in [0.3, 0.4) is 0 Å². The van der Waals surface area contributed by atoms with E-state index in [2.05, 4.69) is 21.2 Å². The number of nitrogens with one attached hydrogen (secondary N) is 1. The third kappa shape index (κ3) is 3.07. The highest BCUT2D eigenvalue weighted by atomic mass is 79.9. The zero-order chi connectivity index (χ0) is 9.97. The Labute approximate surface area is 91.8 Å². The minimum atomic E-state index is -0.166. The second-order valence-electron chi connectivity index (χ2n) is 3.76. The Hall–Kier alpha value is -0.410. The summed E-state index contributed by atoms with van der Waals surface area (Å²) in [6.07, 6.45) is 3.49. The molecule has 0 aromatic heterocycles. The summed E-state index contributed by atoms with van der Waals surface area (Å²) >= 11 is 3.29. The second-order valence-corrected chi connectivity index (χ2v) is 4.67. The van der Waals surface area contributed by atoms with Crippen LogP contribution in [0.15, 0.2) is 22.7 Å². The lowest BCUT2D eigenvalue weighted by Gasteiger charge is -2.03. The van der Waals surface area contributed by atoms with Gasteiger partial charge in [-0.05, 0) is 49.6 Å². The molecule has 76 valence electrons. The Morgan fingerprint density at radius 3 is 2.79 bits per heavy atom. The second kappa shape index (κ2) is 4.41. The molecule has 1 N–H and O–H groups in total. The SMILES string of the molecule is Fc1cc(Br)cc(CCNC2CC2)c1. The van der Waals surface area contributed by atoms with Gasteiger partial charge in [0.15, 0.2) is 0 Å². The average Bonchev–Trinajstić information content (AvgIpc) is 2.86. The van der Waals surface area contributed by atoms with Gasteiger partial charge in [0, 0.05) is 10.5 Å². The van der Waals surface area contributed by atoms with Gasteiger partial charge in [-0.1, -0.05) is 15.9 Å². The first-order chi connectivity index (χ1) is 6.74. The van der Waals surface area contributed by atoms with Crippen LogP contribution < -0.4 is 5.32 Å². The molecule has 0 amide bonds. The molecule has 1 saturated carbocycles. The molecule has 0 heterocycles. The maximum absolute atomic E-state index is 13.0. The Balaban J connectivity index is 1.87. The number of benzene rings is 1. The van der Waals surface area contributed by atoms with E-state index in [9.17, 15) is 4.39 Å². The van der Waals surface area contributed by atoms with Crippen LogP contribution in [0.25, 0.3) is 0 Å². The van der Waals surface area contributed by atoms with Crippen LogP contribution in [0.4, 0.5) is 4.39 Å². The molecule has 1 aliphatic carbocycles. The van der Waals surface area contributed by atoms with E-state index < -0.39 is 0 Å². The van der Waals surface area contributed by atoms with Gasteiger partial charge in [0.25, 0.3) is 0 Å². The summed E-state index contributed by atoms with van der Waals surface area (Å²) < 4.78 is 13.8. The lowest BCUT2D eigenvalue weighted by Crippen LogP contribution is -2.19. The number of hydrogen-bond donors (Lipinski definition) is 1. The first-order valence-corrected chi connectivity index (χ1v) is 5.72. The molecule has 3 heteroatoms. The van der Waals surface area contributed by atoms with E-state index >= 15 is 0 Å². The van der Waals surface area contributed by atoms with Gasteiger partial charge in [-0.3, -0.25) is 0 Å². The van der Waals surface area contributed by atoms with Gasteiger partial charge in [-0.15, -0.1) is 0 Å². The highest BCUT2D eigenvalue weighted by Crippen LogP contribution is 2.19. The topological polar surface area (TPSA) is 12.0 Å². The van der Waals surface area contributed by atoms with E-state index in [-0.39, 0.29) is 5.82 Å². The lowest BCUT2D eigenvalue weighted by atomic mass is 10.1. The molecular weight excluding hydrogens is 245 g/mol. The van der Waals surface area contributed by atoms with Crippen molar-refractivity contribution in [1.82, 2.24) is 5.32 Å². The van der Waals surface area contributed by atoms with Crippen molar-refractivity contribution in [3.05, 3.63) is 34.1 Å². The highest BCUT2D eigenvalue weighted by molar-refractivity contribution is 9.10. The summed E-state index contributed by atoms with van der Waals surface area (Å²) in [5.74, 6) is -0.166. The van der Waals surface area contributed by atoms with Gasteiger partial charge in [0.05, 0.1) is 0 Å². The van der Waals surface area contributed by atoms with Gasteiger partial charge in [0.1, 0.15) is 5.82 Å². The zero-order valence-electron chi connectivity index (χ0n) is 7.89. The predicted molar refractivity (Wildman–Crippen MR) is 58.8 cm³/mol. The molecule has 0 saturated heterocycles. The normalized spacial score (nSPS) is 15.9. The predicted octanol–water partition coefficient (Wildman–Crippen LogP) is 2.88. The van der Waals surface area contributed by atoms with E-state index in [1.165, 1.54) is 18.9 Å². The first-order valence-electron chi connectivity index (χ1n) is 4.92. The molecular formula is C11H13BrFN. The molecule has 1 aromatic carbocycles. The number of halogens is 2. The Bertz CT molecular complexity index is 303. The van der Waals surface area contributed by atoms with Crippen molar-refractivity contribution in [2.24, 2.45) is 0 Å². The molecule has 0 spiro atoms. The van der Waals surface area contributed by atoms with Crippen molar-refractivity contribution < 1.29 is 4.39 Å². The number of hydrogen-bond acceptors (Lipinski definition) is 1. The molecule has 0 unspecified atom stereocenters. The zero-order valence-corrected chi connectivity index (χ0v) is 9.48. The monoisotopic (exact) mass is 257 g/mol. The van der Waals surface area contributed by atoms with Crippen molar-refractivity contribution in [2.75, 3.05) is 6.54 Å². The first kappa shape index (κ1) is 10.1. The standard InChI is InChI=1S/C11H13BrFN/c12-9-5-8(6-10(13)7-9)3-4-14-11-1-2-11/h5-7,11,14H,1-4H2. The van der Waals surface area contributed by atoms with E-state index in [0.717, 1.165) is 29.0 Å². The van der Waals surface area contributed by atoms with Crippen molar-refractivity contribution in [2.45, 2.75) is 25.3 Å². The summed E-state index contributed by atoms with van der Waals surface area (Å²) in [5, 5.41) is 3.41. The van der Waals surface area contributed by atoms with Gasteiger partial charge in [-0.2, -0.15) is 0 Å². The van der Waals surface area contributed by atoms with Gasteiger partial charge < -0.3 is 5.32 Å². The Morgan fingerprint density at radius 2 is 2.14 bits per heavy atom. The third-order valence-electron chi connectivity index (χ3n) is 2.35. The fraction of sp³-hybridized carbons (Fsp3) is 0.455. The molecule has 2 rings (SSSR count). The van der Waals surface area contributed by atoms with Crippen LogP contribution in [-0.2, 0) is 6.42 Å². The largest absolute Gasteiger partial charge is 0.314 e. The van der Waals surface area contributed by atoms with E-state index in [1.807, 2.05) is 6.07 Å². The van der Waals surface area contributed by atoms with Crippen LogP contribution in [0, 0.1) is 5.82 Å². The van der Waals surface area contributed by atoms with Crippen LogP contribution in [0.1, 0.15) is 18.4 Å². The van der Waals surface area contributed by atoms with Gasteiger partial charge in [-0.25, -0.2) is 4.39 Å². The van der Waals surface area contributed by atoms with Crippen LogP contribution >= 0.6 is 15.9 Å². The van der Waals surface area contributed by atoms with E-state index in [4.69, 9.17) is 0 Å². The smallest absolute Gasteiger partial charge is 0.124 e. The van der Waals surface area contributed by atoms with Crippen molar-refractivity contribution >= 4 is 15.9 Å². The van der Waals surface area contributed by atoms with E-state index in [0.29, 0.717) is 0 Å². The highest BCUT2D eigenvalue weighted by Gasteiger charge is 2.19. The minimum Gasteiger partial charge on any atom is -0.314 e. The molecule has 14 heavy (non-hydrogen) atoms. The Kier molecular flexibility index (Phi) is 3.19. The molecule has 1 fully saturated rings. The van der Waals surface area contributed by atoms with Crippen molar-refractivity contribution in [3.8, 4) is 0 Å². The van der Waals surface area contributed by atoms with Crippen LogP contribution in [0.2, 0.25) is 0 Å². The number of rotatable bonds is 4. The van der Waals surface area contributed by atoms with E-state index in [1.54, 1.807) is 6.07 Å². The van der Waals surface area contributed by atoms with Crippen molar-refractivity contribution in [1.29, 1.82) is 0 Å². The van der Waals surface area contributed by atoms with Gasteiger partial charge >= 0.3 is 0 Å².